The second-order valence-corrected chi connectivity index (χ2v) is 9.06. The van der Waals surface area contributed by atoms with E-state index in [0.717, 1.165) is 52.9 Å². The number of hydrogen-bond acceptors (Lipinski definition) is 5. The monoisotopic (exact) mass is 431 g/mol. The zero-order chi connectivity index (χ0) is 21.2. The van der Waals surface area contributed by atoms with Gasteiger partial charge in [-0.1, -0.05) is 48.5 Å². The van der Waals surface area contributed by atoms with Crippen molar-refractivity contribution >= 4 is 21.6 Å². The average molecular weight is 432 g/mol. The Morgan fingerprint density at radius 2 is 1.97 bits per heavy atom. The van der Waals surface area contributed by atoms with Crippen molar-refractivity contribution in [2.75, 3.05) is 7.11 Å². The number of para-hydroxylation sites is 1. The van der Waals surface area contributed by atoms with Gasteiger partial charge in [-0.05, 0) is 36.5 Å². The molecule has 2 heterocycles. The van der Waals surface area contributed by atoms with E-state index in [1.807, 2.05) is 48.5 Å². The minimum atomic E-state index is 0.0757. The fourth-order valence-corrected chi connectivity index (χ4v) is 5.63. The van der Waals surface area contributed by atoms with E-state index in [1.54, 1.807) is 29.3 Å². The molecule has 5 nitrogen and oxygen atoms in total. The highest BCUT2D eigenvalue weighted by Crippen LogP contribution is 2.34. The van der Waals surface area contributed by atoms with E-state index < -0.39 is 0 Å². The van der Waals surface area contributed by atoms with Gasteiger partial charge in [0.15, 0.2) is 0 Å². The van der Waals surface area contributed by atoms with Gasteiger partial charge in [-0.15, -0.1) is 11.3 Å². The Hall–Kier alpha value is -2.96. The highest BCUT2D eigenvalue weighted by molar-refractivity contribution is 7.18. The lowest BCUT2D eigenvalue weighted by Gasteiger charge is -2.24. The van der Waals surface area contributed by atoms with Crippen LogP contribution in [0.4, 0.5) is 0 Å². The third kappa shape index (κ3) is 4.01. The van der Waals surface area contributed by atoms with Crippen LogP contribution in [0.3, 0.4) is 0 Å². The molecule has 0 spiro atoms. The number of benzene rings is 2. The molecule has 2 aromatic carbocycles. The summed E-state index contributed by atoms with van der Waals surface area (Å²) in [6, 6.07) is 18.6. The smallest absolute Gasteiger partial charge is 0.262 e. The van der Waals surface area contributed by atoms with E-state index in [-0.39, 0.29) is 5.56 Å². The van der Waals surface area contributed by atoms with Crippen LogP contribution in [0.5, 0.6) is 5.75 Å². The molecule has 1 aliphatic carbocycles. The molecule has 0 aliphatic heterocycles. The summed E-state index contributed by atoms with van der Waals surface area (Å²) in [5.41, 5.74) is 3.55. The van der Waals surface area contributed by atoms with Crippen LogP contribution in [0.15, 0.2) is 65.7 Å². The van der Waals surface area contributed by atoms with Crippen LogP contribution < -0.4 is 15.6 Å². The third-order valence-electron chi connectivity index (χ3n) is 6.01. The maximum Gasteiger partial charge on any atom is 0.262 e. The summed E-state index contributed by atoms with van der Waals surface area (Å²) < 4.78 is 7.20. The van der Waals surface area contributed by atoms with Gasteiger partial charge >= 0.3 is 0 Å². The molecular formula is C25H25N3O2S. The molecule has 0 fully saturated rings. The predicted molar refractivity (Wildman–Crippen MR) is 125 cm³/mol. The van der Waals surface area contributed by atoms with Crippen LogP contribution in [-0.4, -0.2) is 22.7 Å². The lowest BCUT2D eigenvalue weighted by molar-refractivity contribution is 0.401. The molecule has 4 aromatic rings. The summed E-state index contributed by atoms with van der Waals surface area (Å²) in [5, 5.41) is 4.50. The zero-order valence-corrected chi connectivity index (χ0v) is 18.3. The number of nitrogens with one attached hydrogen (secondary N) is 1. The quantitative estimate of drug-likeness (QED) is 0.498. The van der Waals surface area contributed by atoms with Crippen molar-refractivity contribution in [1.29, 1.82) is 0 Å². The molecule has 6 heteroatoms. The van der Waals surface area contributed by atoms with E-state index in [0.29, 0.717) is 12.6 Å². The standard InChI is InChI=1S/C25H25N3O2S/c1-30-21-10-6-5-9-18(21)14-26-19-11-12-20-22(13-19)31-24-23(20)25(29)28(16-27-24)15-17-7-3-2-4-8-17/h2-10,16,19,26H,11-15H2,1H3. The van der Waals surface area contributed by atoms with Gasteiger partial charge in [-0.3, -0.25) is 9.36 Å². The Kier molecular flexibility index (Phi) is 5.57. The summed E-state index contributed by atoms with van der Waals surface area (Å²) in [6.45, 7) is 1.33. The van der Waals surface area contributed by atoms with Crippen LogP contribution >= 0.6 is 11.3 Å². The summed E-state index contributed by atoms with van der Waals surface area (Å²) in [4.78, 5) is 20.0. The molecule has 1 aliphatic rings. The van der Waals surface area contributed by atoms with E-state index in [1.165, 1.54) is 10.4 Å². The molecule has 5 rings (SSSR count). The highest BCUT2D eigenvalue weighted by Gasteiger charge is 2.25. The first-order chi connectivity index (χ1) is 15.2. The van der Waals surface area contributed by atoms with Gasteiger partial charge in [-0.2, -0.15) is 0 Å². The topological polar surface area (TPSA) is 56.1 Å². The molecule has 0 bridgehead atoms. The molecule has 31 heavy (non-hydrogen) atoms. The molecule has 0 saturated heterocycles. The van der Waals surface area contributed by atoms with Crippen LogP contribution in [-0.2, 0) is 25.9 Å². The number of hydrogen-bond donors (Lipinski definition) is 1. The van der Waals surface area contributed by atoms with Crippen molar-refractivity contribution in [1.82, 2.24) is 14.9 Å². The van der Waals surface area contributed by atoms with Crippen LogP contribution in [0, 0.1) is 0 Å². The number of ether oxygens (including phenoxy) is 1. The Balaban J connectivity index is 1.36. The number of nitrogens with zero attached hydrogens (tertiary/aromatic N) is 2. The van der Waals surface area contributed by atoms with Gasteiger partial charge in [0, 0.05) is 23.0 Å². The molecule has 158 valence electrons. The first kappa shape index (κ1) is 20.0. The summed E-state index contributed by atoms with van der Waals surface area (Å²) in [6.07, 6.45) is 4.55. The molecule has 1 N–H and O–H groups in total. The first-order valence-corrected chi connectivity index (χ1v) is 11.4. The van der Waals surface area contributed by atoms with Gasteiger partial charge in [0.1, 0.15) is 10.6 Å². The lowest BCUT2D eigenvalue weighted by Crippen LogP contribution is -2.34. The van der Waals surface area contributed by atoms with Gasteiger partial charge in [0.2, 0.25) is 0 Å². The number of thiophene rings is 1. The molecule has 0 radical (unpaired) electrons. The van der Waals surface area contributed by atoms with E-state index in [4.69, 9.17) is 4.74 Å². The number of aromatic nitrogens is 2. The van der Waals surface area contributed by atoms with Gasteiger partial charge in [0.25, 0.3) is 5.56 Å². The maximum atomic E-state index is 13.2. The Labute approximate surface area is 185 Å². The molecule has 1 atom stereocenters. The Morgan fingerprint density at radius 1 is 1.16 bits per heavy atom. The van der Waals surface area contributed by atoms with Gasteiger partial charge < -0.3 is 10.1 Å². The van der Waals surface area contributed by atoms with Gasteiger partial charge in [0.05, 0.1) is 25.4 Å². The summed E-state index contributed by atoms with van der Waals surface area (Å²) in [5.74, 6) is 0.913. The SMILES string of the molecule is COc1ccccc1CNC1CCc2c(sc3ncn(Cc4ccccc4)c(=O)c23)C1. The van der Waals surface area contributed by atoms with E-state index >= 15 is 0 Å². The van der Waals surface area contributed by atoms with Crippen LogP contribution in [0.25, 0.3) is 10.2 Å². The zero-order valence-electron chi connectivity index (χ0n) is 17.5. The van der Waals surface area contributed by atoms with Crippen LogP contribution in [0.2, 0.25) is 0 Å². The lowest BCUT2D eigenvalue weighted by atomic mass is 9.93. The number of methoxy groups -OCH3 is 1. The fraction of sp³-hybridized carbons (Fsp3) is 0.280. The molecule has 0 saturated carbocycles. The normalized spacial score (nSPS) is 15.7. The second-order valence-electron chi connectivity index (χ2n) is 7.98. The third-order valence-corrected chi connectivity index (χ3v) is 7.17. The Bertz CT molecular complexity index is 1260. The molecule has 2 aromatic heterocycles. The fourth-order valence-electron chi connectivity index (χ4n) is 4.37. The number of fused-ring (bicyclic) bond motifs is 3. The first-order valence-electron chi connectivity index (χ1n) is 10.6. The minimum absolute atomic E-state index is 0.0757. The van der Waals surface area contributed by atoms with Crippen molar-refractivity contribution in [2.24, 2.45) is 0 Å². The van der Waals surface area contributed by atoms with E-state index in [2.05, 4.69) is 16.4 Å². The van der Waals surface area contributed by atoms with Gasteiger partial charge in [-0.25, -0.2) is 4.98 Å². The van der Waals surface area contributed by atoms with E-state index in [9.17, 15) is 4.79 Å². The second kappa shape index (κ2) is 8.65. The minimum Gasteiger partial charge on any atom is -0.496 e. The largest absolute Gasteiger partial charge is 0.496 e. The average Bonchev–Trinajstić information content (AvgIpc) is 3.19. The molecule has 0 amide bonds. The van der Waals surface area contributed by atoms with Crippen molar-refractivity contribution in [3.05, 3.63) is 92.8 Å². The summed E-state index contributed by atoms with van der Waals surface area (Å²) >= 11 is 1.67. The van der Waals surface area contributed by atoms with Crippen molar-refractivity contribution in [2.45, 2.75) is 38.4 Å². The van der Waals surface area contributed by atoms with Crippen LogP contribution in [0.1, 0.15) is 28.0 Å². The summed E-state index contributed by atoms with van der Waals surface area (Å²) in [7, 11) is 1.71. The number of rotatable bonds is 6. The molecule has 1 unspecified atom stereocenters. The highest BCUT2D eigenvalue weighted by atomic mass is 32.1. The molecular weight excluding hydrogens is 406 g/mol. The number of aryl methyl sites for hydroxylation is 1. The van der Waals surface area contributed by atoms with Crippen molar-refractivity contribution in [3.8, 4) is 5.75 Å². The van der Waals surface area contributed by atoms with Crippen molar-refractivity contribution < 1.29 is 4.74 Å². The predicted octanol–water partition coefficient (Wildman–Crippen LogP) is 4.16. The maximum absolute atomic E-state index is 13.2. The van der Waals surface area contributed by atoms with Crippen molar-refractivity contribution in [3.63, 3.8) is 0 Å². The Morgan fingerprint density at radius 3 is 2.81 bits per heavy atom.